The van der Waals surface area contributed by atoms with Crippen LogP contribution in [0.2, 0.25) is 0 Å². The van der Waals surface area contributed by atoms with Gasteiger partial charge in [0.25, 0.3) is 0 Å². The van der Waals surface area contributed by atoms with Gasteiger partial charge in [0.15, 0.2) is 19.7 Å². The predicted molar refractivity (Wildman–Crippen MR) is 121 cm³/mol. The third-order valence-corrected chi connectivity index (χ3v) is 9.91. The molecule has 170 valence electrons. The molecular formula is C22H29NO6S2. The summed E-state index contributed by atoms with van der Waals surface area (Å²) in [5.41, 5.74) is 2.73. The van der Waals surface area contributed by atoms with E-state index in [9.17, 15) is 16.8 Å². The van der Waals surface area contributed by atoms with E-state index in [-0.39, 0.29) is 16.4 Å². The number of ether oxygens (including phenoxy) is 2. The standard InChI is InChI=1S/C22H29NO6S2/c1-15-10-20(29-4)21(11-16(15)2)31(26,27)22-14-30(24,25)13-19(22)23-9-8-17-6-5-7-18(12-17)28-3/h5-7,10-12,19,22-23H,8-9,13-14H2,1-4H3/t19-,22-/m0/s1. The van der Waals surface area contributed by atoms with Gasteiger partial charge < -0.3 is 14.8 Å². The van der Waals surface area contributed by atoms with Gasteiger partial charge in [0, 0.05) is 6.04 Å². The van der Waals surface area contributed by atoms with Crippen LogP contribution in [0, 0.1) is 13.8 Å². The van der Waals surface area contributed by atoms with E-state index in [1.54, 1.807) is 19.2 Å². The van der Waals surface area contributed by atoms with E-state index in [0.717, 1.165) is 22.4 Å². The summed E-state index contributed by atoms with van der Waals surface area (Å²) >= 11 is 0. The first kappa shape index (κ1) is 23.6. The summed E-state index contributed by atoms with van der Waals surface area (Å²) in [5.74, 6) is 0.371. The molecule has 1 heterocycles. The molecule has 7 nitrogen and oxygen atoms in total. The van der Waals surface area contributed by atoms with Crippen LogP contribution < -0.4 is 14.8 Å². The molecule has 2 aromatic carbocycles. The number of sulfone groups is 2. The fourth-order valence-corrected chi connectivity index (χ4v) is 8.79. The maximum absolute atomic E-state index is 13.5. The highest BCUT2D eigenvalue weighted by Crippen LogP contribution is 2.33. The molecule has 2 atom stereocenters. The molecule has 0 amide bonds. The van der Waals surface area contributed by atoms with Gasteiger partial charge in [-0.15, -0.1) is 0 Å². The molecule has 1 aliphatic rings. The smallest absolute Gasteiger partial charge is 0.187 e. The Balaban J connectivity index is 1.84. The number of rotatable bonds is 8. The van der Waals surface area contributed by atoms with Crippen LogP contribution in [0.5, 0.6) is 11.5 Å². The van der Waals surface area contributed by atoms with Crippen molar-refractivity contribution in [3.8, 4) is 11.5 Å². The second kappa shape index (κ2) is 9.18. The largest absolute Gasteiger partial charge is 0.497 e. The van der Waals surface area contributed by atoms with Gasteiger partial charge >= 0.3 is 0 Å². The zero-order chi connectivity index (χ0) is 22.8. The highest BCUT2D eigenvalue weighted by Gasteiger charge is 2.46. The number of nitrogens with one attached hydrogen (secondary N) is 1. The van der Waals surface area contributed by atoms with Gasteiger partial charge in [-0.25, -0.2) is 16.8 Å². The number of hydrogen-bond acceptors (Lipinski definition) is 7. The molecule has 0 aliphatic carbocycles. The number of methoxy groups -OCH3 is 2. The van der Waals surface area contributed by atoms with Crippen LogP contribution in [0.3, 0.4) is 0 Å². The maximum atomic E-state index is 13.5. The topological polar surface area (TPSA) is 98.8 Å². The molecule has 1 saturated heterocycles. The van der Waals surface area contributed by atoms with Crippen molar-refractivity contribution < 1.29 is 26.3 Å². The fraction of sp³-hybridized carbons (Fsp3) is 0.455. The number of hydrogen-bond donors (Lipinski definition) is 1. The summed E-state index contributed by atoms with van der Waals surface area (Å²) < 4.78 is 62.3. The van der Waals surface area contributed by atoms with Gasteiger partial charge in [-0.3, -0.25) is 0 Å². The Hall–Kier alpha value is -2.10. The first-order valence-corrected chi connectivity index (χ1v) is 13.4. The number of benzene rings is 2. The van der Waals surface area contributed by atoms with Crippen molar-refractivity contribution in [1.29, 1.82) is 0 Å². The Labute approximate surface area is 184 Å². The van der Waals surface area contributed by atoms with Crippen molar-refractivity contribution in [2.75, 3.05) is 32.3 Å². The lowest BCUT2D eigenvalue weighted by atomic mass is 10.1. The molecule has 0 bridgehead atoms. The van der Waals surface area contributed by atoms with E-state index in [1.807, 2.05) is 38.1 Å². The second-order valence-electron chi connectivity index (χ2n) is 7.91. The highest BCUT2D eigenvalue weighted by atomic mass is 32.2. The van der Waals surface area contributed by atoms with Crippen LogP contribution in [0.25, 0.3) is 0 Å². The van der Waals surface area contributed by atoms with Crippen molar-refractivity contribution in [1.82, 2.24) is 5.32 Å². The molecule has 0 saturated carbocycles. The average Bonchev–Trinajstić information content (AvgIpc) is 3.05. The van der Waals surface area contributed by atoms with Crippen molar-refractivity contribution in [2.45, 2.75) is 36.5 Å². The number of aryl methyl sites for hydroxylation is 2. The van der Waals surface area contributed by atoms with E-state index in [2.05, 4.69) is 5.32 Å². The van der Waals surface area contributed by atoms with Crippen molar-refractivity contribution in [3.05, 3.63) is 53.1 Å². The van der Waals surface area contributed by atoms with E-state index < -0.39 is 36.7 Å². The SMILES string of the molecule is COc1cccc(CCN[C@H]2CS(=O)(=O)C[C@@H]2S(=O)(=O)c2cc(C)c(C)cc2OC)c1. The first-order valence-electron chi connectivity index (χ1n) is 10.0. The fourth-order valence-electron chi connectivity index (χ4n) is 3.85. The minimum absolute atomic E-state index is 0.0415. The van der Waals surface area contributed by atoms with Crippen molar-refractivity contribution in [3.63, 3.8) is 0 Å². The molecule has 9 heteroatoms. The maximum Gasteiger partial charge on any atom is 0.187 e. The quantitative estimate of drug-likeness (QED) is 0.635. The summed E-state index contributed by atoms with van der Waals surface area (Å²) in [6.45, 7) is 4.14. The third kappa shape index (κ3) is 5.22. The third-order valence-electron chi connectivity index (χ3n) is 5.74. The van der Waals surface area contributed by atoms with Crippen LogP contribution in [0.4, 0.5) is 0 Å². The van der Waals surface area contributed by atoms with Gasteiger partial charge in [0.1, 0.15) is 16.4 Å². The summed E-state index contributed by atoms with van der Waals surface area (Å²) in [7, 11) is -4.41. The van der Waals surface area contributed by atoms with E-state index in [1.165, 1.54) is 7.11 Å². The van der Waals surface area contributed by atoms with Crippen molar-refractivity contribution in [2.24, 2.45) is 0 Å². The Bertz CT molecular complexity index is 1160. The molecule has 1 fully saturated rings. The zero-order valence-corrected chi connectivity index (χ0v) is 19.8. The van der Waals surface area contributed by atoms with Gasteiger partial charge in [0.05, 0.1) is 31.0 Å². The Morgan fingerprint density at radius 2 is 1.74 bits per heavy atom. The van der Waals surface area contributed by atoms with Gasteiger partial charge in [0.2, 0.25) is 0 Å². The molecule has 31 heavy (non-hydrogen) atoms. The summed E-state index contributed by atoms with van der Waals surface area (Å²) in [6, 6.07) is 10.1. The predicted octanol–water partition coefficient (Wildman–Crippen LogP) is 2.09. The lowest BCUT2D eigenvalue weighted by molar-refractivity contribution is 0.401. The Morgan fingerprint density at radius 1 is 1.03 bits per heavy atom. The van der Waals surface area contributed by atoms with E-state index in [0.29, 0.717) is 13.0 Å². The monoisotopic (exact) mass is 467 g/mol. The van der Waals surface area contributed by atoms with Gasteiger partial charge in [-0.1, -0.05) is 12.1 Å². The molecule has 0 radical (unpaired) electrons. The lowest BCUT2D eigenvalue weighted by Crippen LogP contribution is -2.44. The molecule has 3 rings (SSSR count). The van der Waals surface area contributed by atoms with Crippen LogP contribution in [0.1, 0.15) is 16.7 Å². The van der Waals surface area contributed by atoms with Crippen LogP contribution in [-0.2, 0) is 26.1 Å². The molecule has 1 aliphatic heterocycles. The van der Waals surface area contributed by atoms with Crippen LogP contribution in [-0.4, -0.2) is 60.4 Å². The Morgan fingerprint density at radius 3 is 2.42 bits per heavy atom. The summed E-state index contributed by atoms with van der Waals surface area (Å²) in [6.07, 6.45) is 0.619. The van der Waals surface area contributed by atoms with E-state index >= 15 is 0 Å². The zero-order valence-electron chi connectivity index (χ0n) is 18.2. The lowest BCUT2D eigenvalue weighted by Gasteiger charge is -2.22. The van der Waals surface area contributed by atoms with Crippen LogP contribution in [0.15, 0.2) is 41.3 Å². The Kier molecular flexibility index (Phi) is 6.98. The van der Waals surface area contributed by atoms with Gasteiger partial charge in [-0.05, 0) is 67.8 Å². The van der Waals surface area contributed by atoms with Crippen molar-refractivity contribution >= 4 is 19.7 Å². The normalized spacial score (nSPS) is 20.5. The molecule has 0 spiro atoms. The highest BCUT2D eigenvalue weighted by molar-refractivity contribution is 7.96. The molecule has 1 N–H and O–H groups in total. The minimum atomic E-state index is -3.93. The van der Waals surface area contributed by atoms with Crippen LogP contribution >= 0.6 is 0 Å². The first-order chi connectivity index (χ1) is 14.6. The summed E-state index contributed by atoms with van der Waals surface area (Å²) in [4.78, 5) is 0.0415. The average molecular weight is 468 g/mol. The summed E-state index contributed by atoms with van der Waals surface area (Å²) in [5, 5.41) is 2.10. The van der Waals surface area contributed by atoms with E-state index in [4.69, 9.17) is 9.47 Å². The molecule has 2 aromatic rings. The minimum Gasteiger partial charge on any atom is -0.497 e. The molecule has 0 unspecified atom stereocenters. The second-order valence-corrected chi connectivity index (χ2v) is 12.2. The van der Waals surface area contributed by atoms with Gasteiger partial charge in [-0.2, -0.15) is 0 Å². The molecular weight excluding hydrogens is 438 g/mol. The molecule has 0 aromatic heterocycles.